The minimum Gasteiger partial charge on any atom is -0.465 e. The highest BCUT2D eigenvalue weighted by molar-refractivity contribution is 6.60. The van der Waals surface area contributed by atoms with Crippen LogP contribution in [0.25, 0.3) is 0 Å². The summed E-state index contributed by atoms with van der Waals surface area (Å²) in [5, 5.41) is 9.18. The van der Waals surface area contributed by atoms with E-state index in [4.69, 9.17) is 18.0 Å². The van der Waals surface area contributed by atoms with Crippen LogP contribution < -0.4 is 0 Å². The summed E-state index contributed by atoms with van der Waals surface area (Å²) >= 11 is 0. The fraction of sp³-hybridized carbons (Fsp3) is 0.923. The molecule has 124 valence electrons. The second-order valence-electron chi connectivity index (χ2n) is 4.77. The molecule has 1 rings (SSSR count). The maximum atomic E-state index is 11.2. The lowest BCUT2D eigenvalue weighted by Gasteiger charge is -2.29. The number of hydrogen-bond donors (Lipinski definition) is 1. The SMILES string of the molecule is CCO[Si](CCCN(CC1CO1)C(=O)O)(OCC)OCC. The highest BCUT2D eigenvalue weighted by Crippen LogP contribution is 2.19. The molecule has 1 N–H and O–H groups in total. The Morgan fingerprint density at radius 2 is 1.76 bits per heavy atom. The van der Waals surface area contributed by atoms with E-state index in [9.17, 15) is 9.90 Å². The van der Waals surface area contributed by atoms with Gasteiger partial charge in [0.05, 0.1) is 19.3 Å². The first-order valence-electron chi connectivity index (χ1n) is 7.58. The van der Waals surface area contributed by atoms with E-state index in [2.05, 4.69) is 0 Å². The highest BCUT2D eigenvalue weighted by Gasteiger charge is 2.40. The van der Waals surface area contributed by atoms with Crippen LogP contribution in [-0.2, 0) is 18.0 Å². The van der Waals surface area contributed by atoms with Crippen LogP contribution in [0.5, 0.6) is 0 Å². The number of amides is 1. The van der Waals surface area contributed by atoms with E-state index in [1.165, 1.54) is 4.90 Å². The molecule has 0 saturated carbocycles. The summed E-state index contributed by atoms with van der Waals surface area (Å²) in [6.45, 7) is 8.86. The second-order valence-corrected chi connectivity index (χ2v) is 7.50. The number of ether oxygens (including phenoxy) is 1. The summed E-state index contributed by atoms with van der Waals surface area (Å²) < 4.78 is 22.3. The Kier molecular flexibility index (Phi) is 8.20. The van der Waals surface area contributed by atoms with Gasteiger partial charge < -0.3 is 28.0 Å². The van der Waals surface area contributed by atoms with E-state index < -0.39 is 14.9 Å². The van der Waals surface area contributed by atoms with Crippen molar-refractivity contribution < 1.29 is 27.9 Å². The Morgan fingerprint density at radius 3 is 2.14 bits per heavy atom. The van der Waals surface area contributed by atoms with Crippen molar-refractivity contribution in [1.82, 2.24) is 4.90 Å². The van der Waals surface area contributed by atoms with Crippen LogP contribution >= 0.6 is 0 Å². The topological polar surface area (TPSA) is 80.8 Å². The maximum absolute atomic E-state index is 11.2. The van der Waals surface area contributed by atoms with Crippen LogP contribution in [0.1, 0.15) is 27.2 Å². The van der Waals surface area contributed by atoms with Crippen molar-refractivity contribution in [2.45, 2.75) is 39.3 Å². The largest absolute Gasteiger partial charge is 0.500 e. The first-order chi connectivity index (χ1) is 10.1. The van der Waals surface area contributed by atoms with Gasteiger partial charge in [0.1, 0.15) is 0 Å². The number of epoxide rings is 1. The van der Waals surface area contributed by atoms with Crippen molar-refractivity contribution in [3.8, 4) is 0 Å². The van der Waals surface area contributed by atoms with Crippen molar-refractivity contribution in [2.75, 3.05) is 39.5 Å². The van der Waals surface area contributed by atoms with Crippen LogP contribution in [0.15, 0.2) is 0 Å². The van der Waals surface area contributed by atoms with Crippen LogP contribution in [0.4, 0.5) is 4.79 Å². The molecule has 0 aliphatic carbocycles. The molecule has 0 aromatic rings. The summed E-state index contributed by atoms with van der Waals surface area (Å²) in [4.78, 5) is 12.6. The minimum absolute atomic E-state index is 0.0637. The third-order valence-electron chi connectivity index (χ3n) is 3.10. The van der Waals surface area contributed by atoms with E-state index >= 15 is 0 Å². The minimum atomic E-state index is -2.67. The number of nitrogens with zero attached hydrogens (tertiary/aromatic N) is 1. The molecule has 1 aliphatic heterocycles. The zero-order valence-corrected chi connectivity index (χ0v) is 14.2. The van der Waals surface area contributed by atoms with E-state index in [0.717, 1.165) is 0 Å². The molecule has 1 heterocycles. The molecule has 7 nitrogen and oxygen atoms in total. The van der Waals surface area contributed by atoms with Gasteiger partial charge in [-0.2, -0.15) is 0 Å². The first-order valence-corrected chi connectivity index (χ1v) is 9.51. The number of rotatable bonds is 12. The summed E-state index contributed by atoms with van der Waals surface area (Å²) in [6, 6.07) is 0.623. The molecular weight excluding hydrogens is 294 g/mol. The lowest BCUT2D eigenvalue weighted by molar-refractivity contribution is 0.0695. The van der Waals surface area contributed by atoms with Crippen LogP contribution in [0, 0.1) is 0 Å². The molecule has 21 heavy (non-hydrogen) atoms. The average Bonchev–Trinajstić information content (AvgIpc) is 3.22. The predicted molar refractivity (Wildman–Crippen MR) is 79.4 cm³/mol. The Bertz CT molecular complexity index is 296. The summed E-state index contributed by atoms with van der Waals surface area (Å²) in [7, 11) is -2.67. The van der Waals surface area contributed by atoms with Crippen LogP contribution in [-0.4, -0.2) is 70.5 Å². The van der Waals surface area contributed by atoms with Gasteiger partial charge in [-0.25, -0.2) is 4.79 Å². The van der Waals surface area contributed by atoms with Gasteiger partial charge in [-0.15, -0.1) is 0 Å². The average molecular weight is 321 g/mol. The lowest BCUT2D eigenvalue weighted by Crippen LogP contribution is -2.46. The molecule has 1 unspecified atom stereocenters. The zero-order chi connectivity index (χ0) is 15.7. The van der Waals surface area contributed by atoms with Crippen molar-refractivity contribution in [1.29, 1.82) is 0 Å². The Labute approximate surface area is 127 Å². The fourth-order valence-electron chi connectivity index (χ4n) is 2.17. The standard InChI is InChI=1S/C13H27NO6Si/c1-4-18-21(19-5-2,20-6-3)9-7-8-14(13(15)16)10-12-11-17-12/h12H,4-11H2,1-3H3,(H,15,16). The van der Waals surface area contributed by atoms with Gasteiger partial charge in [0.15, 0.2) is 0 Å². The van der Waals surface area contributed by atoms with Crippen LogP contribution in [0.2, 0.25) is 6.04 Å². The molecule has 1 aliphatic rings. The Hall–Kier alpha value is -0.673. The summed E-state index contributed by atoms with van der Waals surface area (Å²) in [6.07, 6.45) is -0.193. The van der Waals surface area contributed by atoms with Gasteiger partial charge in [0.25, 0.3) is 0 Å². The smallest absolute Gasteiger partial charge is 0.465 e. The molecule has 0 aromatic heterocycles. The van der Waals surface area contributed by atoms with Crippen molar-refractivity contribution in [3.05, 3.63) is 0 Å². The van der Waals surface area contributed by atoms with Gasteiger partial charge in [-0.3, -0.25) is 0 Å². The first kappa shape index (κ1) is 18.4. The summed E-state index contributed by atoms with van der Waals surface area (Å²) in [5.74, 6) is 0. The van der Waals surface area contributed by atoms with Gasteiger partial charge in [-0.05, 0) is 27.2 Å². The van der Waals surface area contributed by atoms with E-state index in [1.807, 2.05) is 20.8 Å². The van der Waals surface area contributed by atoms with Crippen LogP contribution in [0.3, 0.4) is 0 Å². The molecule has 0 aromatic carbocycles. The molecule has 1 amide bonds. The van der Waals surface area contributed by atoms with Crippen molar-refractivity contribution in [2.24, 2.45) is 0 Å². The molecular formula is C13H27NO6Si. The molecule has 1 saturated heterocycles. The molecule has 0 bridgehead atoms. The number of hydrogen-bond acceptors (Lipinski definition) is 5. The van der Waals surface area contributed by atoms with Gasteiger partial charge in [0.2, 0.25) is 0 Å². The number of carboxylic acid groups (broad SMARTS) is 1. The molecule has 0 spiro atoms. The van der Waals surface area contributed by atoms with Gasteiger partial charge in [-0.1, -0.05) is 0 Å². The van der Waals surface area contributed by atoms with E-state index in [-0.39, 0.29) is 6.10 Å². The quantitative estimate of drug-likeness (QED) is 0.436. The molecule has 1 atom stereocenters. The summed E-state index contributed by atoms with van der Waals surface area (Å²) in [5.41, 5.74) is 0. The van der Waals surface area contributed by atoms with E-state index in [0.29, 0.717) is 52.0 Å². The second kappa shape index (κ2) is 9.37. The fourth-order valence-corrected chi connectivity index (χ4v) is 4.77. The molecule has 1 fully saturated rings. The predicted octanol–water partition coefficient (Wildman–Crippen LogP) is 1.80. The van der Waals surface area contributed by atoms with Crippen molar-refractivity contribution >= 4 is 14.9 Å². The van der Waals surface area contributed by atoms with Gasteiger partial charge in [0, 0.05) is 32.4 Å². The molecule has 0 radical (unpaired) electrons. The third-order valence-corrected chi connectivity index (χ3v) is 6.25. The Morgan fingerprint density at radius 1 is 1.24 bits per heavy atom. The number of carbonyl (C=O) groups is 1. The normalized spacial score (nSPS) is 17.8. The van der Waals surface area contributed by atoms with Gasteiger partial charge >= 0.3 is 14.9 Å². The zero-order valence-electron chi connectivity index (χ0n) is 13.2. The maximum Gasteiger partial charge on any atom is 0.500 e. The lowest BCUT2D eigenvalue weighted by atomic mass is 10.4. The highest BCUT2D eigenvalue weighted by atomic mass is 28.4. The Balaban J connectivity index is 2.47. The third kappa shape index (κ3) is 6.75. The molecule has 8 heteroatoms. The monoisotopic (exact) mass is 321 g/mol. The van der Waals surface area contributed by atoms with E-state index in [1.54, 1.807) is 0 Å². The van der Waals surface area contributed by atoms with Crippen molar-refractivity contribution in [3.63, 3.8) is 0 Å².